The molecule has 2 aliphatic rings. The summed E-state index contributed by atoms with van der Waals surface area (Å²) in [6, 6.07) is 3.93. The van der Waals surface area contributed by atoms with Crippen LogP contribution in [0.2, 0.25) is 0 Å². The number of amides is 1. The van der Waals surface area contributed by atoms with Gasteiger partial charge < -0.3 is 4.90 Å². The van der Waals surface area contributed by atoms with E-state index in [2.05, 4.69) is 28.8 Å². The van der Waals surface area contributed by atoms with Crippen molar-refractivity contribution in [1.29, 1.82) is 0 Å². The molecule has 0 aromatic carbocycles. The van der Waals surface area contributed by atoms with Crippen LogP contribution in [0, 0.1) is 5.92 Å². The van der Waals surface area contributed by atoms with Gasteiger partial charge in [0.05, 0.1) is 11.7 Å². The molecule has 0 atom stereocenters. The van der Waals surface area contributed by atoms with Gasteiger partial charge in [-0.25, -0.2) is 14.1 Å². The zero-order valence-corrected chi connectivity index (χ0v) is 12.7. The first-order valence-electron chi connectivity index (χ1n) is 7.78. The molecule has 0 radical (unpaired) electrons. The summed E-state index contributed by atoms with van der Waals surface area (Å²) in [5.41, 5.74) is 1.71. The highest BCUT2D eigenvalue weighted by Crippen LogP contribution is 2.32. The van der Waals surface area contributed by atoms with Crippen molar-refractivity contribution in [2.45, 2.75) is 18.9 Å². The van der Waals surface area contributed by atoms with Gasteiger partial charge in [0.1, 0.15) is 0 Å². The van der Waals surface area contributed by atoms with E-state index >= 15 is 0 Å². The van der Waals surface area contributed by atoms with E-state index in [1.165, 1.54) is 17.7 Å². The third kappa shape index (κ3) is 2.54. The molecule has 2 aromatic rings. The third-order valence-electron chi connectivity index (χ3n) is 4.37. The molecule has 1 saturated carbocycles. The van der Waals surface area contributed by atoms with E-state index in [0.717, 1.165) is 16.7 Å². The lowest BCUT2D eigenvalue weighted by molar-refractivity contribution is -0.134. The van der Waals surface area contributed by atoms with Crippen molar-refractivity contribution in [2.75, 3.05) is 13.1 Å². The molecule has 23 heavy (non-hydrogen) atoms. The molecule has 2 fully saturated rings. The largest absolute Gasteiger partial charge is 0.332 e. The summed E-state index contributed by atoms with van der Waals surface area (Å²) in [5.74, 6) is -0.876. The van der Waals surface area contributed by atoms with E-state index in [1.807, 2.05) is 16.8 Å². The van der Waals surface area contributed by atoms with Gasteiger partial charge in [-0.1, -0.05) is 12.7 Å². The van der Waals surface area contributed by atoms with E-state index in [1.54, 1.807) is 6.20 Å². The quantitative estimate of drug-likeness (QED) is 0.816. The maximum Gasteiger partial charge on any atom is 0.282 e. The predicted octanol–water partition coefficient (Wildman–Crippen LogP) is 2.72. The minimum atomic E-state index is -0.917. The Bertz CT molecular complexity index is 815. The standard InChI is InChI=1S/C17H17FN4O/c1-11(18)17(23)21-9-13(10-21)22-16-14(3-2-8-19-16)15(20-22)7-6-12-4-5-12/h2-3,6-8,12-13H,1,4-5,9-10H2/b7-6+. The van der Waals surface area contributed by atoms with E-state index in [0.29, 0.717) is 19.0 Å². The van der Waals surface area contributed by atoms with Crippen molar-refractivity contribution in [1.82, 2.24) is 19.7 Å². The number of carbonyl (C=O) groups excluding carboxylic acids is 1. The summed E-state index contributed by atoms with van der Waals surface area (Å²) < 4.78 is 14.8. The molecule has 0 N–H and O–H groups in total. The first-order chi connectivity index (χ1) is 11.1. The lowest BCUT2D eigenvalue weighted by Gasteiger charge is -2.38. The van der Waals surface area contributed by atoms with Crippen LogP contribution in [0.15, 0.2) is 36.8 Å². The molecule has 1 saturated heterocycles. The molecule has 5 nitrogen and oxygen atoms in total. The fraction of sp³-hybridized carbons (Fsp3) is 0.353. The molecule has 118 valence electrons. The molecular formula is C17H17FN4O. The Balaban J connectivity index is 1.61. The van der Waals surface area contributed by atoms with Gasteiger partial charge in [-0.2, -0.15) is 5.10 Å². The Hall–Kier alpha value is -2.50. The second kappa shape index (κ2) is 5.30. The summed E-state index contributed by atoms with van der Waals surface area (Å²) in [4.78, 5) is 17.4. The van der Waals surface area contributed by atoms with E-state index in [9.17, 15) is 9.18 Å². The number of fused-ring (bicyclic) bond motifs is 1. The SMILES string of the molecule is C=C(F)C(=O)N1CC(n2nc(/C=C/C3CC3)c3cccnc32)C1. The minimum Gasteiger partial charge on any atom is -0.332 e. The normalized spacial score (nSPS) is 18.6. The Labute approximate surface area is 133 Å². The molecule has 1 aliphatic heterocycles. The molecule has 2 aromatic heterocycles. The van der Waals surface area contributed by atoms with Crippen molar-refractivity contribution >= 4 is 23.0 Å². The van der Waals surface area contributed by atoms with Gasteiger partial charge in [0, 0.05) is 24.7 Å². The highest BCUT2D eigenvalue weighted by Gasteiger charge is 2.35. The average molecular weight is 312 g/mol. The van der Waals surface area contributed by atoms with Crippen LogP contribution in [0.5, 0.6) is 0 Å². The van der Waals surface area contributed by atoms with Crippen molar-refractivity contribution in [2.24, 2.45) is 5.92 Å². The number of carbonyl (C=O) groups is 1. The number of pyridine rings is 1. The van der Waals surface area contributed by atoms with Crippen LogP contribution in [0.1, 0.15) is 24.6 Å². The molecule has 6 heteroatoms. The first kappa shape index (κ1) is 14.1. The van der Waals surface area contributed by atoms with E-state index in [-0.39, 0.29) is 6.04 Å². The van der Waals surface area contributed by atoms with Crippen LogP contribution >= 0.6 is 0 Å². The number of nitrogens with zero attached hydrogens (tertiary/aromatic N) is 4. The molecule has 0 unspecified atom stereocenters. The summed E-state index contributed by atoms with van der Waals surface area (Å²) in [6.45, 7) is 3.92. The first-order valence-corrected chi connectivity index (χ1v) is 7.78. The van der Waals surface area contributed by atoms with Crippen molar-refractivity contribution in [3.05, 3.63) is 42.5 Å². The smallest absolute Gasteiger partial charge is 0.282 e. The lowest BCUT2D eigenvalue weighted by atomic mass is 10.1. The third-order valence-corrected chi connectivity index (χ3v) is 4.37. The van der Waals surface area contributed by atoms with Gasteiger partial charge in [-0.3, -0.25) is 4.79 Å². The molecule has 0 bridgehead atoms. The number of halogens is 1. The highest BCUT2D eigenvalue weighted by molar-refractivity contribution is 5.91. The molecule has 3 heterocycles. The van der Waals surface area contributed by atoms with Gasteiger partial charge in [0.25, 0.3) is 5.91 Å². The Kier molecular flexibility index (Phi) is 3.25. The highest BCUT2D eigenvalue weighted by atomic mass is 19.1. The van der Waals surface area contributed by atoms with Gasteiger partial charge in [0.15, 0.2) is 11.5 Å². The Morgan fingerprint density at radius 1 is 1.39 bits per heavy atom. The van der Waals surface area contributed by atoms with Gasteiger partial charge in [0.2, 0.25) is 0 Å². The topological polar surface area (TPSA) is 51.0 Å². The van der Waals surface area contributed by atoms with Gasteiger partial charge in [-0.05, 0) is 37.0 Å². The zero-order valence-electron chi connectivity index (χ0n) is 12.7. The minimum absolute atomic E-state index is 0.0266. The second-order valence-electron chi connectivity index (χ2n) is 6.17. The summed E-state index contributed by atoms with van der Waals surface area (Å²) in [6.07, 6.45) is 8.49. The Morgan fingerprint density at radius 3 is 2.87 bits per heavy atom. The second-order valence-corrected chi connectivity index (χ2v) is 6.17. The Morgan fingerprint density at radius 2 is 2.17 bits per heavy atom. The van der Waals surface area contributed by atoms with Crippen LogP contribution in [-0.2, 0) is 4.79 Å². The number of allylic oxidation sites excluding steroid dienone is 1. The fourth-order valence-electron chi connectivity index (χ4n) is 2.84. The number of rotatable bonds is 4. The van der Waals surface area contributed by atoms with E-state index < -0.39 is 11.7 Å². The van der Waals surface area contributed by atoms with Crippen molar-refractivity contribution < 1.29 is 9.18 Å². The number of likely N-dealkylation sites (tertiary alicyclic amines) is 1. The number of hydrogen-bond donors (Lipinski definition) is 0. The molecule has 1 amide bonds. The number of hydrogen-bond acceptors (Lipinski definition) is 3. The summed E-state index contributed by atoms with van der Waals surface area (Å²) >= 11 is 0. The average Bonchev–Trinajstić information content (AvgIpc) is 3.26. The summed E-state index contributed by atoms with van der Waals surface area (Å²) in [7, 11) is 0. The van der Waals surface area contributed by atoms with Crippen LogP contribution in [0.25, 0.3) is 17.1 Å². The lowest BCUT2D eigenvalue weighted by Crippen LogP contribution is -2.51. The van der Waals surface area contributed by atoms with Crippen LogP contribution in [0.3, 0.4) is 0 Å². The molecule has 0 spiro atoms. The zero-order chi connectivity index (χ0) is 16.0. The fourth-order valence-corrected chi connectivity index (χ4v) is 2.84. The van der Waals surface area contributed by atoms with Gasteiger partial charge >= 0.3 is 0 Å². The maximum absolute atomic E-state index is 12.9. The molecule has 1 aliphatic carbocycles. The van der Waals surface area contributed by atoms with Crippen LogP contribution in [0.4, 0.5) is 4.39 Å². The van der Waals surface area contributed by atoms with Crippen molar-refractivity contribution in [3.8, 4) is 0 Å². The molecular weight excluding hydrogens is 295 g/mol. The monoisotopic (exact) mass is 312 g/mol. The van der Waals surface area contributed by atoms with Crippen LogP contribution < -0.4 is 0 Å². The van der Waals surface area contributed by atoms with Crippen molar-refractivity contribution in [3.63, 3.8) is 0 Å². The van der Waals surface area contributed by atoms with E-state index in [4.69, 9.17) is 0 Å². The molecule has 4 rings (SSSR count). The number of aromatic nitrogens is 3. The maximum atomic E-state index is 12.9. The van der Waals surface area contributed by atoms with Crippen LogP contribution in [-0.4, -0.2) is 38.7 Å². The van der Waals surface area contributed by atoms with Gasteiger partial charge in [-0.15, -0.1) is 0 Å². The summed E-state index contributed by atoms with van der Waals surface area (Å²) in [5, 5.41) is 5.67. The predicted molar refractivity (Wildman–Crippen MR) is 85.2 cm³/mol.